The molecule has 0 fully saturated rings. The number of aromatic amines is 1. The Hall–Kier alpha value is -2.75. The summed E-state index contributed by atoms with van der Waals surface area (Å²) in [5.41, 5.74) is 3.67. The van der Waals surface area contributed by atoms with Crippen LogP contribution in [-0.4, -0.2) is 24.9 Å². The number of nitrogens with zero attached hydrogens (tertiary/aromatic N) is 1. The summed E-state index contributed by atoms with van der Waals surface area (Å²) in [6.45, 7) is 2.22. The Kier molecular flexibility index (Phi) is 4.88. The first-order chi connectivity index (χ1) is 13.4. The molecule has 0 amide bonds. The molecule has 0 aliphatic heterocycles. The molecular formula is C19H17N3O4S2. The van der Waals surface area contributed by atoms with E-state index < -0.39 is 15.8 Å². The number of rotatable bonds is 6. The SMILES string of the molecule is Cc1nc(-c2ccc(CCNS(=O)(=O)c3ccc4[nH]c(=O)oc4c3)cc2)cs1. The number of sulfonamides is 1. The van der Waals surface area contributed by atoms with E-state index in [-0.39, 0.29) is 17.0 Å². The maximum absolute atomic E-state index is 12.5. The Morgan fingerprint density at radius 1 is 1.18 bits per heavy atom. The molecule has 0 saturated carbocycles. The minimum atomic E-state index is -3.70. The number of aromatic nitrogens is 2. The lowest BCUT2D eigenvalue weighted by Crippen LogP contribution is -2.25. The fourth-order valence-electron chi connectivity index (χ4n) is 2.84. The Labute approximate surface area is 165 Å². The molecule has 0 aliphatic carbocycles. The van der Waals surface area contributed by atoms with Gasteiger partial charge in [-0.25, -0.2) is 22.9 Å². The van der Waals surface area contributed by atoms with E-state index in [1.165, 1.54) is 18.2 Å². The molecule has 2 N–H and O–H groups in total. The number of benzene rings is 2. The molecular weight excluding hydrogens is 398 g/mol. The lowest BCUT2D eigenvalue weighted by Gasteiger charge is -2.07. The summed E-state index contributed by atoms with van der Waals surface area (Å²) in [6, 6.07) is 12.2. The molecule has 2 aromatic heterocycles. The summed E-state index contributed by atoms with van der Waals surface area (Å²) in [6.07, 6.45) is 0.553. The zero-order valence-electron chi connectivity index (χ0n) is 14.9. The number of oxazole rings is 1. The molecule has 0 radical (unpaired) electrons. The molecule has 0 spiro atoms. The van der Waals surface area contributed by atoms with Gasteiger partial charge >= 0.3 is 5.76 Å². The lowest BCUT2D eigenvalue weighted by molar-refractivity contribution is 0.553. The number of H-pyrrole nitrogens is 1. The predicted molar refractivity (Wildman–Crippen MR) is 108 cm³/mol. The third kappa shape index (κ3) is 3.91. The monoisotopic (exact) mass is 415 g/mol. The van der Waals surface area contributed by atoms with Crippen molar-refractivity contribution in [2.24, 2.45) is 0 Å². The summed E-state index contributed by atoms with van der Waals surface area (Å²) in [5, 5.41) is 3.03. The lowest BCUT2D eigenvalue weighted by atomic mass is 10.1. The van der Waals surface area contributed by atoms with Crippen molar-refractivity contribution in [2.75, 3.05) is 6.54 Å². The van der Waals surface area contributed by atoms with Crippen molar-refractivity contribution in [3.63, 3.8) is 0 Å². The van der Waals surface area contributed by atoms with Crippen LogP contribution in [0.2, 0.25) is 0 Å². The van der Waals surface area contributed by atoms with Crippen LogP contribution in [0.15, 0.2) is 62.0 Å². The van der Waals surface area contributed by atoms with Gasteiger partial charge < -0.3 is 4.42 Å². The molecule has 0 bridgehead atoms. The van der Waals surface area contributed by atoms with Crippen LogP contribution in [0.1, 0.15) is 10.6 Å². The average Bonchev–Trinajstić information content (AvgIpc) is 3.26. The van der Waals surface area contributed by atoms with E-state index in [2.05, 4.69) is 14.7 Å². The molecule has 0 aliphatic rings. The van der Waals surface area contributed by atoms with E-state index in [0.717, 1.165) is 21.8 Å². The smallest absolute Gasteiger partial charge is 0.408 e. The van der Waals surface area contributed by atoms with Gasteiger partial charge in [-0.3, -0.25) is 4.98 Å². The number of hydrogen-bond acceptors (Lipinski definition) is 6. The quantitative estimate of drug-likeness (QED) is 0.503. The van der Waals surface area contributed by atoms with Crippen molar-refractivity contribution in [1.82, 2.24) is 14.7 Å². The fourth-order valence-corrected chi connectivity index (χ4v) is 4.51. The standard InChI is InChI=1S/C19H17N3O4S2/c1-12-21-17(11-27-12)14-4-2-13(3-5-14)8-9-20-28(24,25)15-6-7-16-18(10-15)26-19(23)22-16/h2-7,10-11,20H,8-9H2,1H3,(H,22,23). The van der Waals surface area contributed by atoms with E-state index >= 15 is 0 Å². The number of thiazole rings is 1. The fraction of sp³-hybridized carbons (Fsp3) is 0.158. The Balaban J connectivity index is 1.41. The number of nitrogens with one attached hydrogen (secondary N) is 2. The van der Waals surface area contributed by atoms with Crippen LogP contribution in [0.3, 0.4) is 0 Å². The van der Waals surface area contributed by atoms with Gasteiger partial charge in [-0.1, -0.05) is 24.3 Å². The second kappa shape index (κ2) is 7.34. The maximum Gasteiger partial charge on any atom is 0.417 e. The van der Waals surface area contributed by atoms with Gasteiger partial charge in [0.05, 0.1) is 21.1 Å². The zero-order chi connectivity index (χ0) is 19.7. The van der Waals surface area contributed by atoms with Crippen LogP contribution in [-0.2, 0) is 16.4 Å². The van der Waals surface area contributed by atoms with Crippen molar-refractivity contribution in [1.29, 1.82) is 0 Å². The third-order valence-corrected chi connectivity index (χ3v) is 6.51. The van der Waals surface area contributed by atoms with Crippen LogP contribution < -0.4 is 10.5 Å². The molecule has 7 nitrogen and oxygen atoms in total. The molecule has 2 aromatic carbocycles. The van der Waals surface area contributed by atoms with Crippen LogP contribution in [0.5, 0.6) is 0 Å². The van der Waals surface area contributed by atoms with Crippen molar-refractivity contribution in [3.8, 4) is 11.3 Å². The first kappa shape index (κ1) is 18.6. The van der Waals surface area contributed by atoms with Gasteiger partial charge in [0.25, 0.3) is 0 Å². The first-order valence-electron chi connectivity index (χ1n) is 8.55. The average molecular weight is 415 g/mol. The van der Waals surface area contributed by atoms with Gasteiger partial charge in [0.2, 0.25) is 10.0 Å². The zero-order valence-corrected chi connectivity index (χ0v) is 16.6. The molecule has 0 atom stereocenters. The molecule has 28 heavy (non-hydrogen) atoms. The van der Waals surface area contributed by atoms with Gasteiger partial charge in [0.15, 0.2) is 5.58 Å². The number of aryl methyl sites for hydroxylation is 1. The topological polar surface area (TPSA) is 105 Å². The third-order valence-electron chi connectivity index (χ3n) is 4.28. The van der Waals surface area contributed by atoms with E-state index in [0.29, 0.717) is 11.9 Å². The van der Waals surface area contributed by atoms with E-state index in [1.54, 1.807) is 11.3 Å². The highest BCUT2D eigenvalue weighted by atomic mass is 32.2. The molecule has 9 heteroatoms. The minimum absolute atomic E-state index is 0.0528. The van der Waals surface area contributed by atoms with E-state index in [1.807, 2.05) is 36.6 Å². The predicted octanol–water partition coefficient (Wildman–Crippen LogP) is 3.07. The summed E-state index contributed by atoms with van der Waals surface area (Å²) >= 11 is 1.61. The van der Waals surface area contributed by atoms with Crippen LogP contribution in [0.4, 0.5) is 0 Å². The molecule has 0 saturated heterocycles. The summed E-state index contributed by atoms with van der Waals surface area (Å²) in [7, 11) is -3.70. The van der Waals surface area contributed by atoms with Gasteiger partial charge in [0, 0.05) is 23.6 Å². The Morgan fingerprint density at radius 3 is 2.68 bits per heavy atom. The normalized spacial score (nSPS) is 11.9. The van der Waals surface area contributed by atoms with Gasteiger partial charge in [-0.15, -0.1) is 11.3 Å². The highest BCUT2D eigenvalue weighted by Crippen LogP contribution is 2.22. The van der Waals surface area contributed by atoms with Crippen molar-refractivity contribution in [2.45, 2.75) is 18.2 Å². The Morgan fingerprint density at radius 2 is 1.96 bits per heavy atom. The van der Waals surface area contributed by atoms with Gasteiger partial charge in [-0.05, 0) is 31.0 Å². The summed E-state index contributed by atoms with van der Waals surface area (Å²) in [4.78, 5) is 18.2. The van der Waals surface area contributed by atoms with Crippen molar-refractivity contribution in [3.05, 3.63) is 69.0 Å². The molecule has 144 valence electrons. The summed E-state index contributed by atoms with van der Waals surface area (Å²) < 4.78 is 32.4. The number of hydrogen-bond donors (Lipinski definition) is 2. The molecule has 4 rings (SSSR count). The van der Waals surface area contributed by atoms with Gasteiger partial charge in [-0.2, -0.15) is 0 Å². The molecule has 4 aromatic rings. The van der Waals surface area contributed by atoms with Crippen LogP contribution >= 0.6 is 11.3 Å². The van der Waals surface area contributed by atoms with E-state index in [4.69, 9.17) is 4.42 Å². The highest BCUT2D eigenvalue weighted by Gasteiger charge is 2.15. The number of fused-ring (bicyclic) bond motifs is 1. The highest BCUT2D eigenvalue weighted by molar-refractivity contribution is 7.89. The Bertz CT molecular complexity index is 1280. The van der Waals surface area contributed by atoms with Crippen LogP contribution in [0.25, 0.3) is 22.4 Å². The van der Waals surface area contributed by atoms with Crippen molar-refractivity contribution >= 4 is 32.5 Å². The molecule has 0 unspecified atom stereocenters. The van der Waals surface area contributed by atoms with E-state index in [9.17, 15) is 13.2 Å². The van der Waals surface area contributed by atoms with Gasteiger partial charge in [0.1, 0.15) is 0 Å². The molecule has 2 heterocycles. The van der Waals surface area contributed by atoms with Crippen molar-refractivity contribution < 1.29 is 12.8 Å². The van der Waals surface area contributed by atoms with Crippen LogP contribution in [0, 0.1) is 6.92 Å². The second-order valence-corrected chi connectivity index (χ2v) is 9.10. The summed E-state index contributed by atoms with van der Waals surface area (Å²) in [5.74, 6) is -0.617. The first-order valence-corrected chi connectivity index (χ1v) is 10.9. The largest absolute Gasteiger partial charge is 0.417 e. The maximum atomic E-state index is 12.5. The minimum Gasteiger partial charge on any atom is -0.408 e. The second-order valence-electron chi connectivity index (χ2n) is 6.27.